The van der Waals surface area contributed by atoms with E-state index in [1.807, 2.05) is 4.98 Å². The van der Waals surface area contributed by atoms with E-state index >= 15 is 0 Å². The second-order valence-electron chi connectivity index (χ2n) is 9.13. The lowest BCUT2D eigenvalue weighted by Crippen LogP contribution is -2.51. The lowest BCUT2D eigenvalue weighted by molar-refractivity contribution is -0.229. The van der Waals surface area contributed by atoms with E-state index in [1.165, 1.54) is 0 Å². The summed E-state index contributed by atoms with van der Waals surface area (Å²) in [4.78, 5) is 38.1. The smallest absolute Gasteiger partial charge is 0.328 e. The summed E-state index contributed by atoms with van der Waals surface area (Å²) in [6.07, 6.45) is -1.39. The molecule has 0 aromatic carbocycles. The minimum absolute atomic E-state index is 0.0260. The number of Topliss-reactive ketones (excluding diaryl/α,β-unsaturated/α-hetero) is 1. The average Bonchev–Trinajstić information content (AvgIpc) is 2.57. The Balaban J connectivity index is 2.26. The Morgan fingerprint density at radius 1 is 1.31 bits per heavy atom. The van der Waals surface area contributed by atoms with Crippen LogP contribution in [0.5, 0.6) is 0 Å². The molecule has 0 aliphatic carbocycles. The zero-order valence-electron chi connectivity index (χ0n) is 18.1. The van der Waals surface area contributed by atoms with Gasteiger partial charge in [0.1, 0.15) is 6.10 Å². The van der Waals surface area contributed by atoms with Gasteiger partial charge < -0.3 is 13.9 Å². The lowest BCUT2D eigenvalue weighted by Gasteiger charge is -2.40. The molecule has 2 rings (SSSR count). The maximum absolute atomic E-state index is 13.8. The van der Waals surface area contributed by atoms with Gasteiger partial charge >= 0.3 is 5.69 Å². The number of carbonyl (C=O) groups is 1. The summed E-state index contributed by atoms with van der Waals surface area (Å²) >= 11 is 0. The Kier molecular flexibility index (Phi) is 7.04. The molecule has 1 aromatic rings. The van der Waals surface area contributed by atoms with Crippen LogP contribution >= 0.6 is 0 Å². The third-order valence-electron chi connectivity index (χ3n) is 5.47. The number of carbonyl (C=O) groups excluding carboxylic acids is 1. The van der Waals surface area contributed by atoms with Crippen LogP contribution in [0.1, 0.15) is 47.1 Å². The van der Waals surface area contributed by atoms with Gasteiger partial charge in [0.05, 0.1) is 24.9 Å². The second kappa shape index (κ2) is 8.63. The van der Waals surface area contributed by atoms with E-state index in [9.17, 15) is 18.8 Å². The van der Waals surface area contributed by atoms with Gasteiger partial charge in [0.2, 0.25) is 5.82 Å². The maximum atomic E-state index is 13.8. The SMILES string of the molecule is CC(C)O[C@H]1O[C@H](CO[Si](C)(C)C(C)(C)C)C(=O)C[C@@H]1n1cc(F)c(=O)[nH]c1=O. The normalized spacial score (nSPS) is 23.6. The lowest BCUT2D eigenvalue weighted by atomic mass is 10.0. The van der Waals surface area contributed by atoms with Crippen LogP contribution in [0.3, 0.4) is 0 Å². The summed E-state index contributed by atoms with van der Waals surface area (Å²) in [5, 5.41) is -0.0260. The number of hydrogen-bond acceptors (Lipinski definition) is 6. The van der Waals surface area contributed by atoms with Crippen LogP contribution in [-0.2, 0) is 18.7 Å². The molecule has 0 bridgehead atoms. The number of aromatic nitrogens is 2. The van der Waals surface area contributed by atoms with Gasteiger partial charge in [0, 0.05) is 6.42 Å². The number of rotatable bonds is 6. The van der Waals surface area contributed by atoms with Gasteiger partial charge in [-0.2, -0.15) is 4.39 Å². The fourth-order valence-electron chi connectivity index (χ4n) is 2.72. The van der Waals surface area contributed by atoms with Crippen molar-refractivity contribution >= 4 is 14.1 Å². The topological polar surface area (TPSA) is 99.6 Å². The van der Waals surface area contributed by atoms with Gasteiger partial charge in [-0.25, -0.2) is 4.79 Å². The number of ketones is 1. The highest BCUT2D eigenvalue weighted by Crippen LogP contribution is 2.37. The molecule has 1 saturated heterocycles. The van der Waals surface area contributed by atoms with Gasteiger partial charge in [-0.1, -0.05) is 20.8 Å². The largest absolute Gasteiger partial charge is 0.414 e. The predicted molar refractivity (Wildman–Crippen MR) is 108 cm³/mol. The molecule has 8 nitrogen and oxygen atoms in total. The highest BCUT2D eigenvalue weighted by Gasteiger charge is 2.43. The number of hydrogen-bond donors (Lipinski definition) is 1. The molecular weight excluding hydrogens is 399 g/mol. The number of nitrogens with zero attached hydrogens (tertiary/aromatic N) is 1. The first kappa shape index (κ1) is 23.7. The van der Waals surface area contributed by atoms with E-state index in [2.05, 4.69) is 33.9 Å². The molecule has 29 heavy (non-hydrogen) atoms. The van der Waals surface area contributed by atoms with Crippen LogP contribution in [0.4, 0.5) is 4.39 Å². The summed E-state index contributed by atoms with van der Waals surface area (Å²) in [7, 11) is -2.09. The first-order chi connectivity index (χ1) is 13.2. The first-order valence-corrected chi connectivity index (χ1v) is 12.6. The standard InChI is InChI=1S/C19H31FN2O6Si/c1-11(2)27-17-13(22-9-12(20)16(24)21-18(22)25)8-14(23)15(28-17)10-26-29(6,7)19(3,4)5/h9,11,13,15,17H,8,10H2,1-7H3,(H,21,24,25)/t13-,15+,17-/m0/s1. The van der Waals surface area contributed by atoms with Gasteiger partial charge in [-0.3, -0.25) is 19.1 Å². The van der Waals surface area contributed by atoms with E-state index in [1.54, 1.807) is 13.8 Å². The van der Waals surface area contributed by atoms with Crippen LogP contribution in [0.15, 0.2) is 15.8 Å². The summed E-state index contributed by atoms with van der Waals surface area (Å²) in [6.45, 7) is 14.1. The summed E-state index contributed by atoms with van der Waals surface area (Å²) in [5.41, 5.74) is -1.94. The molecule has 0 spiro atoms. The molecule has 0 unspecified atom stereocenters. The van der Waals surface area contributed by atoms with E-state index in [4.69, 9.17) is 13.9 Å². The Labute approximate surface area is 170 Å². The van der Waals surface area contributed by atoms with E-state index in [0.717, 1.165) is 10.8 Å². The Morgan fingerprint density at radius 3 is 2.48 bits per heavy atom. The third-order valence-corrected chi connectivity index (χ3v) is 9.97. The van der Waals surface area contributed by atoms with Crippen molar-refractivity contribution in [2.45, 2.75) is 83.7 Å². The molecule has 0 amide bonds. The Hall–Kier alpha value is -1.62. The summed E-state index contributed by atoms with van der Waals surface area (Å²) < 4.78 is 32.5. The highest BCUT2D eigenvalue weighted by atomic mass is 28.4. The van der Waals surface area contributed by atoms with Crippen LogP contribution < -0.4 is 11.2 Å². The van der Waals surface area contributed by atoms with E-state index < -0.39 is 43.8 Å². The molecule has 10 heteroatoms. The number of H-pyrrole nitrogens is 1. The molecule has 3 atom stereocenters. The molecule has 1 N–H and O–H groups in total. The van der Waals surface area contributed by atoms with E-state index in [-0.39, 0.29) is 30.0 Å². The summed E-state index contributed by atoms with van der Waals surface area (Å²) in [6, 6.07) is -0.895. The fourth-order valence-corrected chi connectivity index (χ4v) is 3.72. The third kappa shape index (κ3) is 5.50. The van der Waals surface area contributed by atoms with Crippen molar-refractivity contribution in [1.82, 2.24) is 9.55 Å². The Bertz CT molecular complexity index is 857. The fraction of sp³-hybridized carbons (Fsp3) is 0.737. The molecular formula is C19H31FN2O6Si. The zero-order chi connectivity index (χ0) is 22.1. The minimum atomic E-state index is -2.09. The maximum Gasteiger partial charge on any atom is 0.328 e. The van der Waals surface area contributed by atoms with Crippen LogP contribution in [0.2, 0.25) is 18.1 Å². The minimum Gasteiger partial charge on any atom is -0.414 e. The van der Waals surface area contributed by atoms with Crippen LogP contribution in [0, 0.1) is 5.82 Å². The van der Waals surface area contributed by atoms with Crippen molar-refractivity contribution in [3.8, 4) is 0 Å². The number of halogens is 1. The zero-order valence-corrected chi connectivity index (χ0v) is 19.1. The van der Waals surface area contributed by atoms with Crippen LogP contribution in [0.25, 0.3) is 0 Å². The van der Waals surface area contributed by atoms with Crippen molar-refractivity contribution < 1.29 is 23.1 Å². The molecule has 164 valence electrons. The average molecular weight is 431 g/mol. The number of aromatic amines is 1. The van der Waals surface area contributed by atoms with Crippen molar-refractivity contribution in [2.75, 3.05) is 6.61 Å². The number of ether oxygens (including phenoxy) is 2. The quantitative estimate of drug-likeness (QED) is 0.696. The van der Waals surface area contributed by atoms with Crippen molar-refractivity contribution in [3.63, 3.8) is 0 Å². The highest BCUT2D eigenvalue weighted by molar-refractivity contribution is 6.74. The van der Waals surface area contributed by atoms with E-state index in [0.29, 0.717) is 0 Å². The molecule has 0 radical (unpaired) electrons. The Morgan fingerprint density at radius 2 is 1.93 bits per heavy atom. The monoisotopic (exact) mass is 430 g/mol. The molecule has 1 aliphatic heterocycles. The molecule has 1 aliphatic rings. The van der Waals surface area contributed by atoms with Crippen molar-refractivity contribution in [3.05, 3.63) is 32.9 Å². The first-order valence-electron chi connectivity index (χ1n) is 9.71. The van der Waals surface area contributed by atoms with Crippen molar-refractivity contribution in [2.24, 2.45) is 0 Å². The van der Waals surface area contributed by atoms with Crippen LogP contribution in [-0.4, -0.2) is 48.8 Å². The predicted octanol–water partition coefficient (Wildman–Crippen LogP) is 2.35. The molecule has 0 saturated carbocycles. The van der Waals surface area contributed by atoms with Crippen molar-refractivity contribution in [1.29, 1.82) is 0 Å². The van der Waals surface area contributed by atoms with Gasteiger partial charge in [0.15, 0.2) is 20.4 Å². The molecule has 1 aromatic heterocycles. The van der Waals surface area contributed by atoms with Gasteiger partial charge in [0.25, 0.3) is 5.56 Å². The molecule has 2 heterocycles. The van der Waals surface area contributed by atoms with Gasteiger partial charge in [-0.05, 0) is 32.0 Å². The van der Waals surface area contributed by atoms with Gasteiger partial charge in [-0.15, -0.1) is 0 Å². The second-order valence-corrected chi connectivity index (χ2v) is 13.9. The number of nitrogens with one attached hydrogen (secondary N) is 1. The molecule has 1 fully saturated rings. The summed E-state index contributed by atoms with van der Waals surface area (Å²) in [5.74, 6) is -1.39.